The van der Waals surface area contributed by atoms with Gasteiger partial charge in [-0.05, 0) is 63.3 Å². The third-order valence-corrected chi connectivity index (χ3v) is 5.15. The quantitative estimate of drug-likeness (QED) is 0.379. The smallest absolute Gasteiger partial charge is 0.295 e. The lowest BCUT2D eigenvalue weighted by atomic mass is 9.96. The number of ketones is 1. The first-order valence-corrected chi connectivity index (χ1v) is 10.5. The SMILES string of the molecule is CCCOc1cccc(C(O)=C2C(=O)C(=O)N(CCCN(C)C)C2c2ccncc2)c1. The van der Waals surface area contributed by atoms with Crippen molar-refractivity contribution in [2.45, 2.75) is 25.8 Å². The number of carbonyl (C=O) groups excluding carboxylic acids is 2. The van der Waals surface area contributed by atoms with Gasteiger partial charge in [-0.1, -0.05) is 19.1 Å². The Morgan fingerprint density at radius 1 is 1.19 bits per heavy atom. The van der Waals surface area contributed by atoms with Crippen molar-refractivity contribution in [3.8, 4) is 5.75 Å². The van der Waals surface area contributed by atoms with E-state index in [4.69, 9.17) is 4.74 Å². The number of rotatable bonds is 9. The van der Waals surface area contributed by atoms with E-state index in [0.29, 0.717) is 30.9 Å². The van der Waals surface area contributed by atoms with Crippen molar-refractivity contribution in [2.24, 2.45) is 0 Å². The molecule has 1 atom stereocenters. The molecule has 0 aliphatic carbocycles. The standard InChI is InChI=1S/C24H29N3O4/c1-4-15-31-19-8-5-7-18(16-19)22(28)20-21(17-9-11-25-12-10-17)27(24(30)23(20)29)14-6-13-26(2)3/h5,7-12,16,21,28H,4,6,13-15H2,1-3H3. The molecule has 0 bridgehead atoms. The van der Waals surface area contributed by atoms with Gasteiger partial charge in [0.1, 0.15) is 11.5 Å². The van der Waals surface area contributed by atoms with Crippen molar-refractivity contribution in [2.75, 3.05) is 33.8 Å². The van der Waals surface area contributed by atoms with Gasteiger partial charge in [0.15, 0.2) is 0 Å². The number of aliphatic hydroxyl groups is 1. The Labute approximate surface area is 183 Å². The number of pyridine rings is 1. The van der Waals surface area contributed by atoms with Crippen LogP contribution in [-0.4, -0.2) is 65.4 Å². The van der Waals surface area contributed by atoms with Crippen molar-refractivity contribution in [3.05, 3.63) is 65.5 Å². The van der Waals surface area contributed by atoms with Gasteiger partial charge in [-0.2, -0.15) is 0 Å². The summed E-state index contributed by atoms with van der Waals surface area (Å²) in [6.07, 6.45) is 4.81. The number of benzene rings is 1. The molecule has 2 aromatic rings. The monoisotopic (exact) mass is 423 g/mol. The summed E-state index contributed by atoms with van der Waals surface area (Å²) in [4.78, 5) is 33.5. The Morgan fingerprint density at radius 3 is 2.61 bits per heavy atom. The maximum Gasteiger partial charge on any atom is 0.295 e. The van der Waals surface area contributed by atoms with Crippen molar-refractivity contribution in [1.29, 1.82) is 0 Å². The number of amides is 1. The highest BCUT2D eigenvalue weighted by Crippen LogP contribution is 2.39. The summed E-state index contributed by atoms with van der Waals surface area (Å²) >= 11 is 0. The summed E-state index contributed by atoms with van der Waals surface area (Å²) in [5.74, 6) is -0.867. The van der Waals surface area contributed by atoms with E-state index in [-0.39, 0.29) is 11.3 Å². The highest BCUT2D eigenvalue weighted by molar-refractivity contribution is 6.46. The largest absolute Gasteiger partial charge is 0.507 e. The molecule has 1 saturated heterocycles. The summed E-state index contributed by atoms with van der Waals surface area (Å²) in [5.41, 5.74) is 1.27. The highest BCUT2D eigenvalue weighted by Gasteiger charge is 2.45. The number of ether oxygens (including phenoxy) is 1. The zero-order valence-corrected chi connectivity index (χ0v) is 18.2. The van der Waals surface area contributed by atoms with E-state index < -0.39 is 17.7 Å². The fourth-order valence-electron chi connectivity index (χ4n) is 3.67. The predicted octanol–water partition coefficient (Wildman–Crippen LogP) is 3.24. The third-order valence-electron chi connectivity index (χ3n) is 5.15. The van der Waals surface area contributed by atoms with Gasteiger partial charge < -0.3 is 19.6 Å². The molecule has 31 heavy (non-hydrogen) atoms. The zero-order chi connectivity index (χ0) is 22.4. The van der Waals surface area contributed by atoms with Gasteiger partial charge >= 0.3 is 0 Å². The Balaban J connectivity index is 2.03. The Bertz CT molecular complexity index is 956. The molecule has 0 saturated carbocycles. The Kier molecular flexibility index (Phi) is 7.41. The molecule has 1 aliphatic heterocycles. The topological polar surface area (TPSA) is 83.0 Å². The van der Waals surface area contributed by atoms with Crippen LogP contribution in [-0.2, 0) is 9.59 Å². The van der Waals surface area contributed by atoms with Crippen LogP contribution in [0.2, 0.25) is 0 Å². The minimum absolute atomic E-state index is 0.0914. The molecule has 3 rings (SSSR count). The molecule has 7 nitrogen and oxygen atoms in total. The molecule has 1 aromatic carbocycles. The lowest BCUT2D eigenvalue weighted by Gasteiger charge is -2.25. The maximum atomic E-state index is 13.0. The first-order chi connectivity index (χ1) is 14.9. The molecule has 0 spiro atoms. The summed E-state index contributed by atoms with van der Waals surface area (Å²) in [7, 11) is 3.92. The van der Waals surface area contributed by atoms with Crippen molar-refractivity contribution in [3.63, 3.8) is 0 Å². The third kappa shape index (κ3) is 5.11. The number of aliphatic hydroxyl groups excluding tert-OH is 1. The van der Waals surface area contributed by atoms with Gasteiger partial charge in [0.25, 0.3) is 11.7 Å². The van der Waals surface area contributed by atoms with Crippen LogP contribution in [0, 0.1) is 0 Å². The van der Waals surface area contributed by atoms with E-state index in [0.717, 1.165) is 18.5 Å². The average Bonchev–Trinajstić information content (AvgIpc) is 3.02. The van der Waals surface area contributed by atoms with Crippen molar-refractivity contribution < 1.29 is 19.4 Å². The summed E-state index contributed by atoms with van der Waals surface area (Å²) in [6, 6.07) is 9.82. The van der Waals surface area contributed by atoms with Gasteiger partial charge in [0.2, 0.25) is 0 Å². The van der Waals surface area contributed by atoms with E-state index in [1.54, 1.807) is 53.7 Å². The second-order valence-corrected chi connectivity index (χ2v) is 7.81. The number of carbonyl (C=O) groups is 2. The second-order valence-electron chi connectivity index (χ2n) is 7.81. The molecule has 0 radical (unpaired) electrons. The molecular formula is C24H29N3O4. The molecule has 1 N–H and O–H groups in total. The van der Waals surface area contributed by atoms with Crippen LogP contribution in [0.5, 0.6) is 5.75 Å². The Hall–Kier alpha value is -3.19. The lowest BCUT2D eigenvalue weighted by Crippen LogP contribution is -2.32. The maximum absolute atomic E-state index is 13.0. The first-order valence-electron chi connectivity index (χ1n) is 10.5. The number of nitrogens with zero attached hydrogens (tertiary/aromatic N) is 3. The van der Waals surface area contributed by atoms with E-state index in [1.165, 1.54) is 0 Å². The molecule has 1 aromatic heterocycles. The molecule has 2 heterocycles. The van der Waals surface area contributed by atoms with Gasteiger partial charge in [0.05, 0.1) is 18.2 Å². The summed E-state index contributed by atoms with van der Waals surface area (Å²) in [6.45, 7) is 3.75. The number of hydrogen-bond acceptors (Lipinski definition) is 6. The molecule has 1 amide bonds. The molecular weight excluding hydrogens is 394 g/mol. The predicted molar refractivity (Wildman–Crippen MR) is 119 cm³/mol. The fraction of sp³-hybridized carbons (Fsp3) is 0.375. The number of likely N-dealkylation sites (tertiary alicyclic amines) is 1. The van der Waals surface area contributed by atoms with Crippen LogP contribution in [0.15, 0.2) is 54.4 Å². The fourth-order valence-corrected chi connectivity index (χ4v) is 3.67. The number of aromatic nitrogens is 1. The average molecular weight is 424 g/mol. The molecule has 1 unspecified atom stereocenters. The van der Waals surface area contributed by atoms with Gasteiger partial charge in [-0.15, -0.1) is 0 Å². The minimum atomic E-state index is -0.677. The van der Waals surface area contributed by atoms with E-state index >= 15 is 0 Å². The van der Waals surface area contributed by atoms with Crippen LogP contribution in [0.25, 0.3) is 5.76 Å². The first kappa shape index (κ1) is 22.5. The molecule has 1 fully saturated rings. The Morgan fingerprint density at radius 2 is 1.94 bits per heavy atom. The van der Waals surface area contributed by atoms with Crippen LogP contribution in [0.4, 0.5) is 0 Å². The molecule has 164 valence electrons. The second kappa shape index (κ2) is 10.2. The van der Waals surface area contributed by atoms with E-state index in [1.807, 2.05) is 25.9 Å². The minimum Gasteiger partial charge on any atom is -0.507 e. The molecule has 7 heteroatoms. The van der Waals surface area contributed by atoms with Crippen molar-refractivity contribution >= 4 is 17.4 Å². The van der Waals surface area contributed by atoms with Crippen LogP contribution >= 0.6 is 0 Å². The highest BCUT2D eigenvalue weighted by atomic mass is 16.5. The summed E-state index contributed by atoms with van der Waals surface area (Å²) in [5, 5.41) is 11.1. The number of hydrogen-bond donors (Lipinski definition) is 1. The van der Waals surface area contributed by atoms with Gasteiger partial charge in [-0.3, -0.25) is 14.6 Å². The van der Waals surface area contributed by atoms with Gasteiger partial charge in [-0.25, -0.2) is 0 Å². The van der Waals surface area contributed by atoms with Crippen molar-refractivity contribution in [1.82, 2.24) is 14.8 Å². The zero-order valence-electron chi connectivity index (χ0n) is 18.2. The van der Waals surface area contributed by atoms with Gasteiger partial charge in [0, 0.05) is 24.5 Å². The van der Waals surface area contributed by atoms with Crippen LogP contribution < -0.4 is 4.74 Å². The van der Waals surface area contributed by atoms with E-state index in [9.17, 15) is 14.7 Å². The number of Topliss-reactive ketones (excluding diaryl/α,β-unsaturated/α-hetero) is 1. The van der Waals surface area contributed by atoms with Crippen LogP contribution in [0.1, 0.15) is 36.9 Å². The lowest BCUT2D eigenvalue weighted by molar-refractivity contribution is -0.139. The van der Waals surface area contributed by atoms with E-state index in [2.05, 4.69) is 4.98 Å². The normalized spacial score (nSPS) is 18.1. The molecule has 1 aliphatic rings. The van der Waals surface area contributed by atoms with Crippen LogP contribution in [0.3, 0.4) is 0 Å². The summed E-state index contributed by atoms with van der Waals surface area (Å²) < 4.78 is 5.66.